The van der Waals surface area contributed by atoms with E-state index in [1.54, 1.807) is 0 Å². The molecule has 0 heterocycles. The number of carbonyl (C=O) groups is 1. The molecule has 0 fully saturated rings. The van der Waals surface area contributed by atoms with Crippen LogP contribution in [0.4, 0.5) is 0 Å². The van der Waals surface area contributed by atoms with E-state index in [1.807, 2.05) is 0 Å². The van der Waals surface area contributed by atoms with Crippen LogP contribution in [-0.4, -0.2) is 41.5 Å². The van der Waals surface area contributed by atoms with Crippen LogP contribution in [0.5, 0.6) is 0 Å². The third-order valence-electron chi connectivity index (χ3n) is 2.18. The third-order valence-corrected chi connectivity index (χ3v) is 2.18. The lowest BCUT2D eigenvalue weighted by Gasteiger charge is -2.27. The van der Waals surface area contributed by atoms with Gasteiger partial charge in [-0.3, -0.25) is 0 Å². The molecule has 82 valence electrons. The number of aliphatic hydroxyl groups excluding tert-OH is 2. The van der Waals surface area contributed by atoms with Crippen molar-refractivity contribution in [1.82, 2.24) is 0 Å². The van der Waals surface area contributed by atoms with Crippen LogP contribution in [0.3, 0.4) is 0 Å². The summed E-state index contributed by atoms with van der Waals surface area (Å²) in [4.78, 5) is 13.7. The molecule has 0 saturated heterocycles. The van der Waals surface area contributed by atoms with Crippen LogP contribution in [-0.2, 0) is 9.53 Å². The van der Waals surface area contributed by atoms with Crippen molar-refractivity contribution in [2.45, 2.75) is 24.7 Å². The number of hydrogen-bond donors (Lipinski definition) is 2. The van der Waals surface area contributed by atoms with Gasteiger partial charge in [-0.05, 0) is 5.53 Å². The molecule has 7 heteroatoms. The number of aliphatic hydroxyl groups is 2. The van der Waals surface area contributed by atoms with E-state index >= 15 is 0 Å². The minimum absolute atomic E-state index is 0.00864. The van der Waals surface area contributed by atoms with E-state index in [0.29, 0.717) is 0 Å². The molecule has 0 amide bonds. The van der Waals surface area contributed by atoms with E-state index in [2.05, 4.69) is 14.8 Å². The molecule has 0 aromatic rings. The van der Waals surface area contributed by atoms with Crippen LogP contribution in [0, 0.1) is 0 Å². The maximum absolute atomic E-state index is 11.2. The zero-order valence-electron chi connectivity index (χ0n) is 8.07. The van der Waals surface area contributed by atoms with E-state index in [4.69, 9.17) is 5.53 Å². The highest BCUT2D eigenvalue weighted by atomic mass is 16.5. The minimum atomic E-state index is -1.19. The fourth-order valence-electron chi connectivity index (χ4n) is 1.39. The van der Waals surface area contributed by atoms with Crippen molar-refractivity contribution >= 4 is 5.97 Å². The van der Waals surface area contributed by atoms with Gasteiger partial charge < -0.3 is 14.9 Å². The molecule has 0 saturated carbocycles. The molecule has 0 unspecified atom stereocenters. The second-order valence-corrected chi connectivity index (χ2v) is 3.14. The van der Waals surface area contributed by atoms with Crippen LogP contribution in [0.25, 0.3) is 10.4 Å². The zero-order valence-corrected chi connectivity index (χ0v) is 8.07. The molecule has 1 aliphatic rings. The number of carbonyl (C=O) groups excluding carboxylic acids is 1. The smallest absolute Gasteiger partial charge is 0.333 e. The molecular weight excluding hydrogens is 202 g/mol. The first-order valence-electron chi connectivity index (χ1n) is 4.29. The number of azide groups is 1. The van der Waals surface area contributed by atoms with Crippen LogP contribution >= 0.6 is 0 Å². The number of hydrogen-bond acceptors (Lipinski definition) is 5. The van der Waals surface area contributed by atoms with Gasteiger partial charge in [-0.2, -0.15) is 0 Å². The minimum Gasteiger partial charge on any atom is -0.466 e. The monoisotopic (exact) mass is 213 g/mol. The Labute approximate surface area is 85.6 Å². The van der Waals surface area contributed by atoms with Crippen molar-refractivity contribution in [1.29, 1.82) is 0 Å². The summed E-state index contributed by atoms with van der Waals surface area (Å²) in [7, 11) is 1.21. The summed E-state index contributed by atoms with van der Waals surface area (Å²) in [5, 5.41) is 22.1. The highest BCUT2D eigenvalue weighted by molar-refractivity contribution is 5.88. The van der Waals surface area contributed by atoms with E-state index in [0.717, 1.165) is 0 Å². The fourth-order valence-corrected chi connectivity index (χ4v) is 1.39. The topological polar surface area (TPSA) is 116 Å². The normalized spacial score (nSPS) is 30.1. The summed E-state index contributed by atoms with van der Waals surface area (Å²) >= 11 is 0. The predicted molar refractivity (Wildman–Crippen MR) is 49.7 cm³/mol. The van der Waals surface area contributed by atoms with Gasteiger partial charge in [-0.1, -0.05) is 11.2 Å². The SMILES string of the molecule is COC(=O)C1=C[C@@H](N=[N+]=[N-])[C@H](O)[C@H](O)C1. The van der Waals surface area contributed by atoms with Gasteiger partial charge in [0.05, 0.1) is 25.4 Å². The van der Waals surface area contributed by atoms with Gasteiger partial charge in [0, 0.05) is 16.9 Å². The lowest BCUT2D eigenvalue weighted by molar-refractivity contribution is -0.137. The summed E-state index contributed by atoms with van der Waals surface area (Å²) in [6.07, 6.45) is -1.01. The Kier molecular flexibility index (Phi) is 3.68. The largest absolute Gasteiger partial charge is 0.466 e. The van der Waals surface area contributed by atoms with E-state index in [-0.39, 0.29) is 12.0 Å². The predicted octanol–water partition coefficient (Wildman–Crippen LogP) is -0.110. The first kappa shape index (κ1) is 11.5. The molecular formula is C8H11N3O4. The summed E-state index contributed by atoms with van der Waals surface area (Å²) < 4.78 is 4.46. The molecule has 0 aromatic carbocycles. The molecule has 1 aliphatic carbocycles. The Morgan fingerprint density at radius 1 is 1.73 bits per heavy atom. The Bertz CT molecular complexity index is 335. The van der Waals surface area contributed by atoms with Crippen molar-refractivity contribution in [3.8, 4) is 0 Å². The summed E-state index contributed by atoms with van der Waals surface area (Å²) in [6.45, 7) is 0. The van der Waals surface area contributed by atoms with Crippen molar-refractivity contribution < 1.29 is 19.7 Å². The summed E-state index contributed by atoms with van der Waals surface area (Å²) in [6, 6.07) is -0.937. The molecule has 2 N–H and O–H groups in total. The van der Waals surface area contributed by atoms with E-state index in [1.165, 1.54) is 13.2 Å². The van der Waals surface area contributed by atoms with Gasteiger partial charge in [0.1, 0.15) is 0 Å². The summed E-state index contributed by atoms with van der Waals surface area (Å²) in [5.41, 5.74) is 8.43. The standard InChI is InChI=1S/C8H11N3O4/c1-15-8(14)4-2-5(10-11-9)7(13)6(12)3-4/h2,5-7,12-13H,3H2,1H3/t5-,6-,7+/m1/s1. The van der Waals surface area contributed by atoms with Crippen molar-refractivity contribution in [3.63, 3.8) is 0 Å². The fraction of sp³-hybridized carbons (Fsp3) is 0.625. The van der Waals surface area contributed by atoms with Crippen LogP contribution in [0.15, 0.2) is 16.8 Å². The second kappa shape index (κ2) is 4.79. The van der Waals surface area contributed by atoms with Gasteiger partial charge in [-0.25, -0.2) is 4.79 Å². The van der Waals surface area contributed by atoms with Gasteiger partial charge >= 0.3 is 5.97 Å². The average Bonchev–Trinajstić information content (AvgIpc) is 2.23. The quantitative estimate of drug-likeness (QED) is 0.288. The van der Waals surface area contributed by atoms with Crippen molar-refractivity contribution in [3.05, 3.63) is 22.1 Å². The number of ether oxygens (including phenoxy) is 1. The Morgan fingerprint density at radius 2 is 2.40 bits per heavy atom. The summed E-state index contributed by atoms with van der Waals surface area (Å²) in [5.74, 6) is -0.598. The number of rotatable bonds is 2. The van der Waals surface area contributed by atoms with Gasteiger partial charge in [0.2, 0.25) is 0 Å². The average molecular weight is 213 g/mol. The maximum atomic E-state index is 11.2. The molecule has 0 radical (unpaired) electrons. The molecule has 0 bridgehead atoms. The molecule has 1 rings (SSSR count). The van der Waals surface area contributed by atoms with Crippen molar-refractivity contribution in [2.24, 2.45) is 5.11 Å². The van der Waals surface area contributed by atoms with Gasteiger partial charge in [0.15, 0.2) is 0 Å². The first-order chi connectivity index (χ1) is 7.10. The Balaban J connectivity index is 2.95. The molecule has 15 heavy (non-hydrogen) atoms. The highest BCUT2D eigenvalue weighted by Crippen LogP contribution is 2.22. The lowest BCUT2D eigenvalue weighted by atomic mass is 9.91. The van der Waals surface area contributed by atoms with Crippen LogP contribution < -0.4 is 0 Å². The van der Waals surface area contributed by atoms with E-state index in [9.17, 15) is 15.0 Å². The Morgan fingerprint density at radius 3 is 2.93 bits per heavy atom. The third kappa shape index (κ3) is 2.47. The van der Waals surface area contributed by atoms with Gasteiger partial charge in [-0.15, -0.1) is 0 Å². The lowest BCUT2D eigenvalue weighted by Crippen LogP contribution is -2.40. The maximum Gasteiger partial charge on any atom is 0.333 e. The molecule has 3 atom stereocenters. The first-order valence-corrected chi connectivity index (χ1v) is 4.29. The van der Waals surface area contributed by atoms with Crippen LogP contribution in [0.1, 0.15) is 6.42 Å². The zero-order chi connectivity index (χ0) is 11.4. The number of methoxy groups -OCH3 is 1. The van der Waals surface area contributed by atoms with Gasteiger partial charge in [0.25, 0.3) is 0 Å². The number of nitrogens with zero attached hydrogens (tertiary/aromatic N) is 3. The number of esters is 1. The molecule has 0 spiro atoms. The molecule has 7 nitrogen and oxygen atoms in total. The van der Waals surface area contributed by atoms with Crippen LogP contribution in [0.2, 0.25) is 0 Å². The second-order valence-electron chi connectivity index (χ2n) is 3.14. The van der Waals surface area contributed by atoms with Crippen molar-refractivity contribution in [2.75, 3.05) is 7.11 Å². The molecule has 0 aromatic heterocycles. The van der Waals surface area contributed by atoms with E-state index < -0.39 is 24.2 Å². The highest BCUT2D eigenvalue weighted by Gasteiger charge is 2.32. The molecule has 0 aliphatic heterocycles. The Hall–Kier alpha value is -1.56.